The van der Waals surface area contributed by atoms with E-state index >= 15 is 0 Å². The van der Waals surface area contributed by atoms with Crippen LogP contribution in [0.15, 0.2) is 23.6 Å². The van der Waals surface area contributed by atoms with E-state index in [9.17, 15) is 8.78 Å². The normalized spacial score (nSPS) is 32.9. The third kappa shape index (κ3) is 6.20. The quantitative estimate of drug-likeness (QED) is 0.613. The lowest BCUT2D eigenvalue weighted by Gasteiger charge is -2.38. The van der Waals surface area contributed by atoms with Crippen molar-refractivity contribution in [2.24, 2.45) is 17.8 Å². The molecule has 2 fully saturated rings. The zero-order chi connectivity index (χ0) is 18.2. The second kappa shape index (κ2) is 10.0. The van der Waals surface area contributed by atoms with E-state index in [0.717, 1.165) is 12.0 Å². The predicted octanol–water partition coefficient (Wildman–Crippen LogP) is 5.24. The van der Waals surface area contributed by atoms with Crippen LogP contribution in [0.25, 0.3) is 0 Å². The Hall–Kier alpha value is -1.25. The number of nitrogens with zero attached hydrogens (tertiary/aromatic N) is 1. The third-order valence-corrected chi connectivity index (χ3v) is 5.32. The van der Waals surface area contributed by atoms with Crippen LogP contribution in [-0.2, 0) is 9.47 Å². The van der Waals surface area contributed by atoms with E-state index in [0.29, 0.717) is 30.6 Å². The molecule has 3 nitrogen and oxygen atoms in total. The molecule has 1 atom stereocenters. The summed E-state index contributed by atoms with van der Waals surface area (Å²) in [6.07, 6.45) is 6.33. The molecule has 25 heavy (non-hydrogen) atoms. The van der Waals surface area contributed by atoms with Crippen LogP contribution in [0.4, 0.5) is 8.78 Å². The summed E-state index contributed by atoms with van der Waals surface area (Å²) in [7, 11) is 0. The van der Waals surface area contributed by atoms with E-state index in [2.05, 4.69) is 6.92 Å². The Bertz CT molecular complexity index is 508. The van der Waals surface area contributed by atoms with E-state index in [4.69, 9.17) is 14.7 Å². The molecule has 1 saturated carbocycles. The molecule has 0 aromatic rings. The minimum Gasteiger partial charge on any atom is -0.348 e. The summed E-state index contributed by atoms with van der Waals surface area (Å²) in [5, 5.41) is 8.57. The second-order valence-corrected chi connectivity index (χ2v) is 7.22. The van der Waals surface area contributed by atoms with Crippen LogP contribution in [0, 0.1) is 29.1 Å². The van der Waals surface area contributed by atoms with E-state index in [1.807, 2.05) is 0 Å². The maximum absolute atomic E-state index is 13.7. The van der Waals surface area contributed by atoms with Crippen LogP contribution in [-0.4, -0.2) is 25.7 Å². The van der Waals surface area contributed by atoms with Gasteiger partial charge in [-0.3, -0.25) is 0 Å². The van der Waals surface area contributed by atoms with Crippen molar-refractivity contribution >= 4 is 0 Å². The van der Waals surface area contributed by atoms with E-state index in [-0.39, 0.29) is 6.42 Å². The number of hydrogen-bond acceptors (Lipinski definition) is 3. The Morgan fingerprint density at radius 1 is 1.20 bits per heavy atom. The van der Waals surface area contributed by atoms with Crippen molar-refractivity contribution in [1.82, 2.24) is 0 Å². The molecule has 0 amide bonds. The number of hydrogen-bond donors (Lipinski definition) is 0. The molecule has 0 radical (unpaired) electrons. The Morgan fingerprint density at radius 3 is 2.36 bits per heavy atom. The van der Waals surface area contributed by atoms with Gasteiger partial charge in [0.1, 0.15) is 12.0 Å². The van der Waals surface area contributed by atoms with Gasteiger partial charge < -0.3 is 9.47 Å². The van der Waals surface area contributed by atoms with E-state index < -0.39 is 18.3 Å². The van der Waals surface area contributed by atoms with E-state index in [1.54, 1.807) is 6.07 Å². The summed E-state index contributed by atoms with van der Waals surface area (Å²) in [6, 6.07) is 1.74. The first-order valence-corrected chi connectivity index (χ1v) is 9.35. The summed E-state index contributed by atoms with van der Waals surface area (Å²) in [6.45, 7) is 4.73. The lowest BCUT2D eigenvalue weighted by atomic mass is 9.75. The molecule has 1 aliphatic heterocycles. The molecule has 5 heteroatoms. The maximum Gasteiger partial charge on any atom is 0.183 e. The van der Waals surface area contributed by atoms with Crippen molar-refractivity contribution in [3.05, 3.63) is 23.6 Å². The molecular weight excluding hydrogens is 324 g/mol. The Balaban J connectivity index is 1.92. The Kier molecular flexibility index (Phi) is 8.05. The van der Waals surface area contributed by atoms with Gasteiger partial charge in [-0.2, -0.15) is 5.26 Å². The highest BCUT2D eigenvalue weighted by Gasteiger charge is 2.32. The lowest BCUT2D eigenvalue weighted by Crippen LogP contribution is -2.38. The lowest BCUT2D eigenvalue weighted by molar-refractivity contribution is -0.189. The monoisotopic (exact) mass is 353 g/mol. The van der Waals surface area contributed by atoms with Gasteiger partial charge in [-0.15, -0.1) is 0 Å². The maximum atomic E-state index is 13.7. The van der Waals surface area contributed by atoms with Crippen LogP contribution >= 0.6 is 0 Å². The highest BCUT2D eigenvalue weighted by Crippen LogP contribution is 2.37. The molecule has 1 unspecified atom stereocenters. The molecule has 1 saturated heterocycles. The highest BCUT2D eigenvalue weighted by atomic mass is 19.1. The molecule has 2 aliphatic rings. The standard InChI is InChI=1S/C20H29F2NO2/c1-3-15-4-6-16(7-5-15)18-12-24-20(25-13-18)17(10-14(2)21)11-19(22)8-9-23/h10-11,14-16,18,20H,3-8,12-13H2,1-2H3/b17-10+,19-11+. The zero-order valence-electron chi connectivity index (χ0n) is 15.2. The molecule has 0 bridgehead atoms. The molecule has 0 aromatic heterocycles. The number of nitriles is 1. The van der Waals surface area contributed by atoms with Crippen molar-refractivity contribution in [2.75, 3.05) is 13.2 Å². The Labute approximate surface area is 149 Å². The summed E-state index contributed by atoms with van der Waals surface area (Å²) in [5.41, 5.74) is 0.316. The average molecular weight is 353 g/mol. The fourth-order valence-corrected chi connectivity index (χ4v) is 3.82. The van der Waals surface area contributed by atoms with Gasteiger partial charge in [0.2, 0.25) is 0 Å². The first-order valence-electron chi connectivity index (χ1n) is 9.35. The molecule has 1 aliphatic carbocycles. The first kappa shape index (κ1) is 20.1. The van der Waals surface area contributed by atoms with Gasteiger partial charge in [-0.05, 0) is 43.8 Å². The summed E-state index contributed by atoms with van der Waals surface area (Å²) in [4.78, 5) is 0. The Morgan fingerprint density at radius 2 is 1.84 bits per heavy atom. The van der Waals surface area contributed by atoms with Crippen LogP contribution in [0.2, 0.25) is 0 Å². The molecule has 0 N–H and O–H groups in total. The van der Waals surface area contributed by atoms with Gasteiger partial charge in [0, 0.05) is 11.5 Å². The van der Waals surface area contributed by atoms with Gasteiger partial charge in [-0.1, -0.05) is 26.2 Å². The van der Waals surface area contributed by atoms with Crippen molar-refractivity contribution in [3.8, 4) is 6.07 Å². The number of alkyl halides is 1. The molecule has 140 valence electrons. The van der Waals surface area contributed by atoms with Crippen LogP contribution in [0.3, 0.4) is 0 Å². The fourth-order valence-electron chi connectivity index (χ4n) is 3.82. The van der Waals surface area contributed by atoms with Crippen LogP contribution in [0.5, 0.6) is 0 Å². The third-order valence-electron chi connectivity index (χ3n) is 5.32. The fraction of sp³-hybridized carbons (Fsp3) is 0.750. The zero-order valence-corrected chi connectivity index (χ0v) is 15.2. The minimum atomic E-state index is -1.24. The first-order chi connectivity index (χ1) is 12.0. The van der Waals surface area contributed by atoms with Gasteiger partial charge >= 0.3 is 0 Å². The van der Waals surface area contributed by atoms with Crippen molar-refractivity contribution in [1.29, 1.82) is 5.26 Å². The average Bonchev–Trinajstić information content (AvgIpc) is 2.61. The summed E-state index contributed by atoms with van der Waals surface area (Å²) >= 11 is 0. The number of rotatable bonds is 6. The molecule has 0 spiro atoms. The minimum absolute atomic E-state index is 0.316. The molecule has 1 heterocycles. The topological polar surface area (TPSA) is 42.2 Å². The molecular formula is C20H29F2NO2. The van der Waals surface area contributed by atoms with E-state index in [1.165, 1.54) is 45.1 Å². The molecule has 2 rings (SSSR count). The second-order valence-electron chi connectivity index (χ2n) is 7.22. The number of halogens is 2. The van der Waals surface area contributed by atoms with Crippen LogP contribution in [0.1, 0.15) is 52.4 Å². The SMILES string of the molecule is CCC1CCC(C2COC(C(/C=C(/F)CC#N)=C/C(C)F)OC2)CC1. The van der Waals surface area contributed by atoms with Gasteiger partial charge in [0.15, 0.2) is 6.29 Å². The van der Waals surface area contributed by atoms with Crippen LogP contribution < -0.4 is 0 Å². The summed E-state index contributed by atoms with van der Waals surface area (Å²) in [5.74, 6) is 1.21. The van der Waals surface area contributed by atoms with Gasteiger partial charge in [0.05, 0.1) is 25.7 Å². The van der Waals surface area contributed by atoms with Crippen molar-refractivity contribution in [3.63, 3.8) is 0 Å². The predicted molar refractivity (Wildman–Crippen MR) is 93.0 cm³/mol. The van der Waals surface area contributed by atoms with Gasteiger partial charge in [0.25, 0.3) is 0 Å². The van der Waals surface area contributed by atoms with Gasteiger partial charge in [-0.25, -0.2) is 8.78 Å². The summed E-state index contributed by atoms with van der Waals surface area (Å²) < 4.78 is 38.6. The number of allylic oxidation sites excluding steroid dienone is 2. The highest BCUT2D eigenvalue weighted by molar-refractivity contribution is 5.26. The van der Waals surface area contributed by atoms with Crippen molar-refractivity contribution < 1.29 is 18.3 Å². The van der Waals surface area contributed by atoms with Crippen molar-refractivity contribution in [2.45, 2.75) is 64.8 Å². The molecule has 0 aromatic carbocycles. The largest absolute Gasteiger partial charge is 0.348 e. The smallest absolute Gasteiger partial charge is 0.183 e. The number of ether oxygens (including phenoxy) is 2.